The zero-order valence-electron chi connectivity index (χ0n) is 22.5. The molecule has 41 heavy (non-hydrogen) atoms. The van der Waals surface area contributed by atoms with Crippen LogP contribution in [0.1, 0.15) is 42.7 Å². The summed E-state index contributed by atoms with van der Waals surface area (Å²) in [4.78, 5) is 42.1. The molecule has 2 aliphatic rings. The lowest BCUT2D eigenvalue weighted by Gasteiger charge is -2.33. The molecule has 13 heteroatoms. The molecule has 0 radical (unpaired) electrons. The van der Waals surface area contributed by atoms with Gasteiger partial charge in [0.05, 0.1) is 11.6 Å². The highest BCUT2D eigenvalue weighted by atomic mass is 35.5. The smallest absolute Gasteiger partial charge is 0.416 e. The Bertz CT molecular complexity index is 1280. The van der Waals surface area contributed by atoms with Crippen LogP contribution < -0.4 is 10.2 Å². The van der Waals surface area contributed by atoms with Gasteiger partial charge in [0.1, 0.15) is 5.82 Å². The van der Waals surface area contributed by atoms with Crippen LogP contribution in [0.15, 0.2) is 42.5 Å². The number of hydrogen-bond donors (Lipinski definition) is 2. The first kappa shape index (κ1) is 30.4. The molecule has 2 atom stereocenters. The first-order valence-corrected chi connectivity index (χ1v) is 13.5. The molecule has 4 rings (SSSR count). The maximum atomic E-state index is 13.7. The Morgan fingerprint density at radius 3 is 2.22 bits per heavy atom. The van der Waals surface area contributed by atoms with Crippen LogP contribution in [0.4, 0.5) is 32.8 Å². The summed E-state index contributed by atoms with van der Waals surface area (Å²) in [5.74, 6) is -1.22. The van der Waals surface area contributed by atoms with Gasteiger partial charge in [-0.3, -0.25) is 9.69 Å². The molecule has 0 spiro atoms. The Hall–Kier alpha value is -3.54. The fraction of sp³-hybridized carbons (Fsp3) is 0.464. The summed E-state index contributed by atoms with van der Waals surface area (Å²) < 4.78 is 53.8. The molecular formula is C28H31ClF4N4O4. The van der Waals surface area contributed by atoms with Crippen molar-refractivity contribution in [3.05, 3.63) is 64.4 Å². The Morgan fingerprint density at radius 2 is 1.63 bits per heavy atom. The van der Waals surface area contributed by atoms with Crippen LogP contribution in [-0.4, -0.2) is 72.2 Å². The minimum absolute atomic E-state index is 0.0438. The Labute approximate surface area is 239 Å². The number of nitrogens with zero attached hydrogens (tertiary/aromatic N) is 3. The van der Waals surface area contributed by atoms with E-state index in [9.17, 15) is 31.9 Å². The van der Waals surface area contributed by atoms with Gasteiger partial charge in [0.25, 0.3) is 0 Å². The van der Waals surface area contributed by atoms with Crippen LogP contribution in [0.2, 0.25) is 5.02 Å². The summed E-state index contributed by atoms with van der Waals surface area (Å²) in [6, 6.07) is 7.31. The van der Waals surface area contributed by atoms with Crippen LogP contribution in [0.25, 0.3) is 0 Å². The molecule has 1 heterocycles. The molecule has 2 fully saturated rings. The van der Waals surface area contributed by atoms with Crippen molar-refractivity contribution < 1.29 is 37.1 Å². The number of nitrogens with one attached hydrogen (secondary N) is 1. The third kappa shape index (κ3) is 7.03. The van der Waals surface area contributed by atoms with Gasteiger partial charge in [0.2, 0.25) is 5.91 Å². The van der Waals surface area contributed by atoms with E-state index in [1.807, 2.05) is 0 Å². The van der Waals surface area contributed by atoms with Gasteiger partial charge in [-0.05, 0) is 61.6 Å². The van der Waals surface area contributed by atoms with Crippen molar-refractivity contribution in [3.63, 3.8) is 0 Å². The second-order valence-electron chi connectivity index (χ2n) is 10.6. The number of likely N-dealkylation sites (tertiary alicyclic amines) is 1. The maximum Gasteiger partial charge on any atom is 0.416 e. The average molecular weight is 599 g/mol. The number of hydrogen-bond acceptors (Lipinski definition) is 3. The van der Waals surface area contributed by atoms with Gasteiger partial charge in [-0.25, -0.2) is 14.0 Å². The zero-order chi connectivity index (χ0) is 30.1. The molecule has 1 saturated heterocycles. The monoisotopic (exact) mass is 598 g/mol. The average Bonchev–Trinajstić information content (AvgIpc) is 3.36. The molecule has 2 aromatic carbocycles. The molecule has 1 aliphatic heterocycles. The van der Waals surface area contributed by atoms with Crippen LogP contribution in [0.3, 0.4) is 0 Å². The van der Waals surface area contributed by atoms with Gasteiger partial charge in [-0.15, -0.1) is 0 Å². The van der Waals surface area contributed by atoms with Crippen LogP contribution in [0, 0.1) is 11.7 Å². The molecule has 8 nitrogen and oxygen atoms in total. The number of alkyl halides is 3. The second-order valence-corrected chi connectivity index (χ2v) is 11.1. The first-order valence-electron chi connectivity index (χ1n) is 13.2. The molecule has 2 aromatic rings. The quantitative estimate of drug-likeness (QED) is 0.425. The normalized spacial score (nSPS) is 22.8. The topological polar surface area (TPSA) is 93.2 Å². The van der Waals surface area contributed by atoms with E-state index in [1.54, 1.807) is 17.0 Å². The number of benzene rings is 2. The second kappa shape index (κ2) is 12.1. The summed E-state index contributed by atoms with van der Waals surface area (Å²) in [6.45, 7) is 0.437. The van der Waals surface area contributed by atoms with E-state index in [-0.39, 0.29) is 47.6 Å². The zero-order valence-corrected chi connectivity index (χ0v) is 23.3. The van der Waals surface area contributed by atoms with Crippen molar-refractivity contribution in [1.82, 2.24) is 15.1 Å². The van der Waals surface area contributed by atoms with Crippen LogP contribution in [-0.2, 0) is 11.0 Å². The molecular weight excluding hydrogens is 568 g/mol. The van der Waals surface area contributed by atoms with E-state index in [2.05, 4.69) is 5.32 Å². The Balaban J connectivity index is 1.54. The van der Waals surface area contributed by atoms with Crippen molar-refractivity contribution >= 4 is 35.3 Å². The number of urea groups is 1. The number of carboxylic acid groups (broad SMARTS) is 1. The minimum Gasteiger partial charge on any atom is -0.465 e. The number of likely N-dealkylation sites (N-methyl/N-ethyl adjacent to an activating group) is 1. The molecule has 2 N–H and O–H groups in total. The number of amides is 4. The van der Waals surface area contributed by atoms with Crippen LogP contribution >= 0.6 is 11.6 Å². The molecule has 1 saturated carbocycles. The Kier molecular flexibility index (Phi) is 9.00. The standard InChI is InChI=1S/C28H31ClF4N4O4/c1-35(22-12-18(28(31,32)33)11-19(29)13-22)27(41)36(2)24-15-37(14-23(24)16-3-7-20(30)8-4-16)25(38)17-5-9-21(10-6-17)34-26(39)40/h3-4,7-8,11-13,17,21,23-24,34H,5-6,9-10,14-15H2,1-2H3,(H,39,40)/t17?,21?,23-,24+/m0/s1. The lowest BCUT2D eigenvalue weighted by molar-refractivity contribution is -0.137. The highest BCUT2D eigenvalue weighted by molar-refractivity contribution is 6.31. The molecule has 0 unspecified atom stereocenters. The lowest BCUT2D eigenvalue weighted by atomic mass is 9.85. The van der Waals surface area contributed by atoms with Gasteiger partial charge in [-0.1, -0.05) is 23.7 Å². The summed E-state index contributed by atoms with van der Waals surface area (Å²) in [5, 5.41) is 11.3. The van der Waals surface area contributed by atoms with E-state index < -0.39 is 35.7 Å². The van der Waals surface area contributed by atoms with Gasteiger partial charge in [-0.2, -0.15) is 13.2 Å². The number of rotatable bonds is 5. The van der Waals surface area contributed by atoms with E-state index in [0.29, 0.717) is 31.2 Å². The lowest BCUT2D eigenvalue weighted by Crippen LogP contribution is -2.48. The van der Waals surface area contributed by atoms with Gasteiger partial charge >= 0.3 is 18.3 Å². The van der Waals surface area contributed by atoms with E-state index in [4.69, 9.17) is 16.7 Å². The van der Waals surface area contributed by atoms with Gasteiger partial charge in [0.15, 0.2) is 0 Å². The summed E-state index contributed by atoms with van der Waals surface area (Å²) in [6.07, 6.45) is -3.67. The first-order chi connectivity index (χ1) is 19.2. The van der Waals surface area contributed by atoms with Crippen molar-refractivity contribution in [2.45, 2.75) is 49.9 Å². The van der Waals surface area contributed by atoms with E-state index in [0.717, 1.165) is 17.0 Å². The number of carbonyl (C=O) groups excluding carboxylic acids is 2. The minimum atomic E-state index is -4.65. The summed E-state index contributed by atoms with van der Waals surface area (Å²) >= 11 is 5.93. The third-order valence-electron chi connectivity index (χ3n) is 7.99. The summed E-state index contributed by atoms with van der Waals surface area (Å²) in [5.41, 5.74) is -0.319. The van der Waals surface area contributed by atoms with Crippen LogP contribution in [0.5, 0.6) is 0 Å². The molecule has 1 aliphatic carbocycles. The molecule has 4 amide bonds. The molecule has 0 aromatic heterocycles. The Morgan fingerprint density at radius 1 is 1.00 bits per heavy atom. The third-order valence-corrected chi connectivity index (χ3v) is 8.20. The van der Waals surface area contributed by atoms with Crippen molar-refractivity contribution in [2.24, 2.45) is 5.92 Å². The maximum absolute atomic E-state index is 13.7. The van der Waals surface area contributed by atoms with Crippen molar-refractivity contribution in [3.8, 4) is 0 Å². The largest absolute Gasteiger partial charge is 0.465 e. The number of halogens is 5. The highest BCUT2D eigenvalue weighted by Gasteiger charge is 2.43. The van der Waals surface area contributed by atoms with E-state index >= 15 is 0 Å². The molecule has 222 valence electrons. The fourth-order valence-corrected chi connectivity index (χ4v) is 5.96. The van der Waals surface area contributed by atoms with Gasteiger partial charge < -0.3 is 20.2 Å². The van der Waals surface area contributed by atoms with Crippen molar-refractivity contribution in [2.75, 3.05) is 32.1 Å². The predicted molar refractivity (Wildman–Crippen MR) is 144 cm³/mol. The number of anilines is 1. The van der Waals surface area contributed by atoms with Gasteiger partial charge in [0, 0.05) is 55.8 Å². The van der Waals surface area contributed by atoms with Crippen molar-refractivity contribution in [1.29, 1.82) is 0 Å². The SMILES string of the molecule is CN(C(=O)N(C)[C@@H]1CN(C(=O)C2CCC(NC(=O)O)CC2)C[C@H]1c1ccc(F)cc1)c1cc(Cl)cc(C(F)(F)F)c1. The summed E-state index contributed by atoms with van der Waals surface area (Å²) in [7, 11) is 2.87. The fourth-order valence-electron chi connectivity index (χ4n) is 5.73. The molecule has 0 bridgehead atoms. The highest BCUT2D eigenvalue weighted by Crippen LogP contribution is 2.37. The van der Waals surface area contributed by atoms with E-state index in [1.165, 1.54) is 37.2 Å². The number of carbonyl (C=O) groups is 3. The predicted octanol–water partition coefficient (Wildman–Crippen LogP) is 5.81.